The first-order valence-electron chi connectivity index (χ1n) is 7.52. The monoisotopic (exact) mass is 310 g/mol. The van der Waals surface area contributed by atoms with E-state index in [1.54, 1.807) is 11.8 Å². The van der Waals surface area contributed by atoms with E-state index in [4.69, 9.17) is 9.47 Å². The quantitative estimate of drug-likeness (QED) is 0.494. The fraction of sp³-hybridized carbons (Fsp3) is 0.588. The van der Waals surface area contributed by atoms with Crippen LogP contribution in [0.25, 0.3) is 0 Å². The van der Waals surface area contributed by atoms with Gasteiger partial charge in [-0.2, -0.15) is 11.8 Å². The molecule has 118 valence electrons. The zero-order chi connectivity index (χ0) is 15.8. The van der Waals surface area contributed by atoms with Gasteiger partial charge in [0.2, 0.25) is 0 Å². The summed E-state index contributed by atoms with van der Waals surface area (Å²) in [5, 5.41) is 0. The highest BCUT2D eigenvalue weighted by Crippen LogP contribution is 2.28. The Balaban J connectivity index is 2.92. The van der Waals surface area contributed by atoms with Crippen molar-refractivity contribution in [2.24, 2.45) is 0 Å². The second kappa shape index (κ2) is 8.98. The molecule has 4 heteroatoms. The third-order valence-electron chi connectivity index (χ3n) is 2.57. The summed E-state index contributed by atoms with van der Waals surface area (Å²) in [7, 11) is 0. The predicted octanol–water partition coefficient (Wildman–Crippen LogP) is 4.59. The van der Waals surface area contributed by atoms with Gasteiger partial charge in [0.1, 0.15) is 11.5 Å². The number of hydrogen-bond acceptors (Lipinski definition) is 4. The molecule has 0 bridgehead atoms. The first-order chi connectivity index (χ1) is 9.93. The lowest BCUT2D eigenvalue weighted by molar-refractivity contribution is 0.101. The van der Waals surface area contributed by atoms with Crippen LogP contribution in [0.3, 0.4) is 0 Å². The number of ether oxygens (including phenoxy) is 2. The molecule has 1 aromatic carbocycles. The summed E-state index contributed by atoms with van der Waals surface area (Å²) >= 11 is 1.66. The molecule has 0 aromatic heterocycles. The van der Waals surface area contributed by atoms with Crippen molar-refractivity contribution < 1.29 is 14.3 Å². The molecule has 0 amide bonds. The minimum Gasteiger partial charge on any atom is -0.491 e. The lowest BCUT2D eigenvalue weighted by Gasteiger charge is -2.16. The summed E-state index contributed by atoms with van der Waals surface area (Å²) in [6.07, 6.45) is 1.20. The van der Waals surface area contributed by atoms with E-state index in [-0.39, 0.29) is 18.0 Å². The van der Waals surface area contributed by atoms with Crippen LogP contribution in [-0.2, 0) is 0 Å². The van der Waals surface area contributed by atoms with Crippen molar-refractivity contribution in [3.8, 4) is 11.5 Å². The Bertz CT molecular complexity index is 455. The van der Waals surface area contributed by atoms with Gasteiger partial charge in [0.05, 0.1) is 23.5 Å². The average molecular weight is 310 g/mol. The lowest BCUT2D eigenvalue weighted by Crippen LogP contribution is -2.12. The van der Waals surface area contributed by atoms with Crippen LogP contribution < -0.4 is 9.47 Å². The molecule has 3 nitrogen and oxygen atoms in total. The highest BCUT2D eigenvalue weighted by molar-refractivity contribution is 7.99. The SMILES string of the molecule is CCCSCC(=O)c1ccc(OC(C)C)cc1OC(C)C. The zero-order valence-electron chi connectivity index (χ0n) is 13.6. The van der Waals surface area contributed by atoms with Crippen molar-refractivity contribution in [1.29, 1.82) is 0 Å². The van der Waals surface area contributed by atoms with E-state index in [1.165, 1.54) is 0 Å². The number of rotatable bonds is 9. The van der Waals surface area contributed by atoms with E-state index in [0.717, 1.165) is 17.9 Å². The van der Waals surface area contributed by atoms with E-state index >= 15 is 0 Å². The van der Waals surface area contributed by atoms with Gasteiger partial charge < -0.3 is 9.47 Å². The molecule has 0 spiro atoms. The topological polar surface area (TPSA) is 35.5 Å². The van der Waals surface area contributed by atoms with Gasteiger partial charge in [0.15, 0.2) is 5.78 Å². The lowest BCUT2D eigenvalue weighted by atomic mass is 10.1. The molecule has 0 saturated carbocycles. The van der Waals surface area contributed by atoms with Crippen LogP contribution >= 0.6 is 11.8 Å². The molecule has 1 rings (SSSR count). The van der Waals surface area contributed by atoms with Crippen LogP contribution in [0, 0.1) is 0 Å². The Kier molecular flexibility index (Phi) is 7.65. The van der Waals surface area contributed by atoms with Crippen molar-refractivity contribution >= 4 is 17.5 Å². The minimum atomic E-state index is 0.0224. The van der Waals surface area contributed by atoms with E-state index in [1.807, 2.05) is 45.9 Å². The normalized spacial score (nSPS) is 11.0. The number of benzene rings is 1. The number of carbonyl (C=O) groups is 1. The molecule has 0 heterocycles. The molecule has 0 aliphatic heterocycles. The molecule has 21 heavy (non-hydrogen) atoms. The van der Waals surface area contributed by atoms with Gasteiger partial charge in [-0.1, -0.05) is 6.92 Å². The molecule has 0 radical (unpaired) electrons. The maximum Gasteiger partial charge on any atom is 0.176 e. The number of hydrogen-bond donors (Lipinski definition) is 0. The number of thioether (sulfide) groups is 1. The van der Waals surface area contributed by atoms with Crippen molar-refractivity contribution in [2.45, 2.75) is 53.2 Å². The zero-order valence-corrected chi connectivity index (χ0v) is 14.5. The Morgan fingerprint density at radius 2 is 1.81 bits per heavy atom. The second-order valence-electron chi connectivity index (χ2n) is 5.47. The van der Waals surface area contributed by atoms with Gasteiger partial charge in [0, 0.05) is 6.07 Å². The fourth-order valence-electron chi connectivity index (χ4n) is 1.82. The van der Waals surface area contributed by atoms with Gasteiger partial charge in [-0.25, -0.2) is 0 Å². The summed E-state index contributed by atoms with van der Waals surface area (Å²) in [6.45, 7) is 9.97. The summed E-state index contributed by atoms with van der Waals surface area (Å²) in [4.78, 5) is 12.3. The number of carbonyl (C=O) groups excluding carboxylic acids is 1. The minimum absolute atomic E-state index is 0.0224. The van der Waals surface area contributed by atoms with Crippen LogP contribution in [0.4, 0.5) is 0 Å². The third-order valence-corrected chi connectivity index (χ3v) is 3.73. The van der Waals surface area contributed by atoms with Gasteiger partial charge in [0.25, 0.3) is 0 Å². The first kappa shape index (κ1) is 17.9. The third kappa shape index (κ3) is 6.42. The van der Waals surface area contributed by atoms with Gasteiger partial charge in [-0.05, 0) is 52.0 Å². The number of ketones is 1. The smallest absolute Gasteiger partial charge is 0.176 e. The van der Waals surface area contributed by atoms with Crippen LogP contribution in [0.15, 0.2) is 18.2 Å². The molecule has 1 aromatic rings. The summed E-state index contributed by atoms with van der Waals surface area (Å²) in [5.74, 6) is 2.96. The standard InChI is InChI=1S/C17H26O3S/c1-6-9-21-11-16(18)15-8-7-14(19-12(2)3)10-17(15)20-13(4)5/h7-8,10,12-13H,6,9,11H2,1-5H3. The van der Waals surface area contributed by atoms with Crippen molar-refractivity contribution in [3.05, 3.63) is 23.8 Å². The van der Waals surface area contributed by atoms with Crippen LogP contribution in [-0.4, -0.2) is 29.5 Å². The van der Waals surface area contributed by atoms with Crippen LogP contribution in [0.5, 0.6) is 11.5 Å². The summed E-state index contributed by atoms with van der Waals surface area (Å²) in [5.41, 5.74) is 0.642. The van der Waals surface area contributed by atoms with Gasteiger partial charge in [-0.15, -0.1) is 0 Å². The molecular formula is C17H26O3S. The van der Waals surface area contributed by atoms with Crippen LogP contribution in [0.2, 0.25) is 0 Å². The van der Waals surface area contributed by atoms with Crippen molar-refractivity contribution in [1.82, 2.24) is 0 Å². The highest BCUT2D eigenvalue weighted by Gasteiger charge is 2.15. The molecule has 0 fully saturated rings. The van der Waals surface area contributed by atoms with Crippen molar-refractivity contribution in [3.63, 3.8) is 0 Å². The van der Waals surface area contributed by atoms with Gasteiger partial charge >= 0.3 is 0 Å². The molecule has 0 atom stereocenters. The Morgan fingerprint density at radius 1 is 1.14 bits per heavy atom. The maximum atomic E-state index is 12.3. The fourth-order valence-corrected chi connectivity index (χ4v) is 2.59. The molecule has 0 N–H and O–H groups in total. The van der Waals surface area contributed by atoms with Gasteiger partial charge in [-0.3, -0.25) is 4.79 Å². The molecule has 0 aliphatic carbocycles. The van der Waals surface area contributed by atoms with E-state index in [0.29, 0.717) is 17.1 Å². The first-order valence-corrected chi connectivity index (χ1v) is 8.67. The Hall–Kier alpha value is -1.16. The molecule has 0 unspecified atom stereocenters. The predicted molar refractivity (Wildman–Crippen MR) is 89.9 cm³/mol. The Morgan fingerprint density at radius 3 is 2.38 bits per heavy atom. The molecular weight excluding hydrogens is 284 g/mol. The van der Waals surface area contributed by atoms with E-state index in [2.05, 4.69) is 6.92 Å². The van der Waals surface area contributed by atoms with Crippen molar-refractivity contribution in [2.75, 3.05) is 11.5 Å². The highest BCUT2D eigenvalue weighted by atomic mass is 32.2. The Labute approximate surface area is 132 Å². The molecule has 0 saturated heterocycles. The second-order valence-corrected chi connectivity index (χ2v) is 6.57. The largest absolute Gasteiger partial charge is 0.491 e. The average Bonchev–Trinajstić information content (AvgIpc) is 2.37. The van der Waals surface area contributed by atoms with E-state index in [9.17, 15) is 4.79 Å². The molecule has 0 aliphatic rings. The van der Waals surface area contributed by atoms with E-state index < -0.39 is 0 Å². The number of Topliss-reactive ketones (excluding diaryl/α,β-unsaturated/α-hetero) is 1. The summed E-state index contributed by atoms with van der Waals surface area (Å²) in [6, 6.07) is 5.47. The summed E-state index contributed by atoms with van der Waals surface area (Å²) < 4.78 is 11.5. The maximum absolute atomic E-state index is 12.3. The van der Waals surface area contributed by atoms with Crippen LogP contribution in [0.1, 0.15) is 51.4 Å².